The van der Waals surface area contributed by atoms with Crippen LogP contribution in [0.25, 0.3) is 0 Å². The van der Waals surface area contributed by atoms with Crippen molar-refractivity contribution in [3.05, 3.63) is 0 Å². The fraction of sp³-hybridized carbons (Fsp3) is 0.909. The number of hydrogen-bond donors (Lipinski definition) is 2. The van der Waals surface area contributed by atoms with E-state index in [1.807, 2.05) is 6.92 Å². The van der Waals surface area contributed by atoms with Gasteiger partial charge in [0, 0.05) is 26.7 Å². The number of carbonyl (C=O) groups excluding carboxylic acids is 1. The van der Waals surface area contributed by atoms with Gasteiger partial charge in [-0.1, -0.05) is 0 Å². The van der Waals surface area contributed by atoms with Crippen LogP contribution in [0, 0.1) is 0 Å². The molecule has 0 fully saturated rings. The average Bonchev–Trinajstić information content (AvgIpc) is 2.35. The minimum Gasteiger partial charge on any atom is -0.394 e. The monoisotopic (exact) mass is 248 g/mol. The third-order valence-electron chi connectivity index (χ3n) is 2.47. The molecule has 0 aromatic carbocycles. The van der Waals surface area contributed by atoms with Crippen molar-refractivity contribution in [1.29, 1.82) is 0 Å². The Balaban J connectivity index is 3.94. The topological polar surface area (TPSA) is 85.0 Å². The Kier molecular flexibility index (Phi) is 10.0. The second-order valence-electron chi connectivity index (χ2n) is 3.61. The van der Waals surface area contributed by atoms with Crippen LogP contribution in [0.2, 0.25) is 0 Å². The van der Waals surface area contributed by atoms with Gasteiger partial charge in [-0.15, -0.1) is 0 Å². The number of nitrogens with zero attached hydrogens (tertiary/aromatic N) is 1. The number of amides is 1. The molecule has 0 aliphatic rings. The molecule has 102 valence electrons. The van der Waals surface area contributed by atoms with Gasteiger partial charge in [0.05, 0.1) is 32.3 Å². The molecule has 6 nitrogen and oxygen atoms in total. The molecule has 0 aliphatic carbocycles. The average molecular weight is 248 g/mol. The first-order valence-corrected chi connectivity index (χ1v) is 5.88. The van der Waals surface area contributed by atoms with Crippen LogP contribution in [0.15, 0.2) is 0 Å². The van der Waals surface area contributed by atoms with Gasteiger partial charge in [-0.2, -0.15) is 0 Å². The van der Waals surface area contributed by atoms with Gasteiger partial charge in [-0.3, -0.25) is 4.79 Å². The van der Waals surface area contributed by atoms with Crippen molar-refractivity contribution in [2.24, 2.45) is 5.73 Å². The Labute approximate surface area is 103 Å². The van der Waals surface area contributed by atoms with Crippen molar-refractivity contribution in [2.75, 3.05) is 46.6 Å². The van der Waals surface area contributed by atoms with E-state index in [1.54, 1.807) is 12.0 Å². The first-order valence-electron chi connectivity index (χ1n) is 5.88. The Morgan fingerprint density at radius 1 is 1.47 bits per heavy atom. The highest BCUT2D eigenvalue weighted by molar-refractivity contribution is 5.76. The largest absolute Gasteiger partial charge is 0.394 e. The number of nitrogens with two attached hydrogens (primary N) is 1. The smallest absolute Gasteiger partial charge is 0.225 e. The first kappa shape index (κ1) is 16.3. The number of ether oxygens (including phenoxy) is 2. The molecule has 6 heteroatoms. The zero-order chi connectivity index (χ0) is 13.1. The number of aliphatic hydroxyl groups is 1. The Morgan fingerprint density at radius 2 is 2.18 bits per heavy atom. The second-order valence-corrected chi connectivity index (χ2v) is 3.61. The van der Waals surface area contributed by atoms with E-state index in [1.165, 1.54) is 0 Å². The van der Waals surface area contributed by atoms with E-state index in [4.69, 9.17) is 20.3 Å². The van der Waals surface area contributed by atoms with Gasteiger partial charge in [0.25, 0.3) is 0 Å². The van der Waals surface area contributed by atoms with E-state index in [-0.39, 0.29) is 18.6 Å². The van der Waals surface area contributed by atoms with Crippen molar-refractivity contribution in [1.82, 2.24) is 4.90 Å². The summed E-state index contributed by atoms with van der Waals surface area (Å²) in [5.74, 6) is 0.0115. The highest BCUT2D eigenvalue weighted by atomic mass is 16.5. The minimum atomic E-state index is -0.227. The third-order valence-corrected chi connectivity index (χ3v) is 2.47. The van der Waals surface area contributed by atoms with Crippen LogP contribution in [0.1, 0.15) is 13.3 Å². The van der Waals surface area contributed by atoms with Gasteiger partial charge in [0.2, 0.25) is 5.91 Å². The number of aliphatic hydroxyl groups excluding tert-OH is 1. The molecule has 0 saturated carbocycles. The molecule has 0 aromatic rings. The summed E-state index contributed by atoms with van der Waals surface area (Å²) in [6.45, 7) is 4.13. The van der Waals surface area contributed by atoms with Gasteiger partial charge in [0.1, 0.15) is 0 Å². The summed E-state index contributed by atoms with van der Waals surface area (Å²) in [5.41, 5.74) is 5.46. The van der Waals surface area contributed by atoms with Gasteiger partial charge in [-0.05, 0) is 6.92 Å². The Bertz CT molecular complexity index is 198. The van der Waals surface area contributed by atoms with Crippen LogP contribution in [0.4, 0.5) is 0 Å². The van der Waals surface area contributed by atoms with Gasteiger partial charge >= 0.3 is 0 Å². The molecule has 1 unspecified atom stereocenters. The van der Waals surface area contributed by atoms with E-state index >= 15 is 0 Å². The highest BCUT2D eigenvalue weighted by Crippen LogP contribution is 2.01. The predicted octanol–water partition coefficient (Wildman–Crippen LogP) is -0.792. The lowest BCUT2D eigenvalue weighted by Crippen LogP contribution is -2.38. The van der Waals surface area contributed by atoms with Crippen LogP contribution in [0.3, 0.4) is 0 Å². The molecule has 1 atom stereocenters. The van der Waals surface area contributed by atoms with Crippen molar-refractivity contribution in [3.63, 3.8) is 0 Å². The molecule has 0 spiro atoms. The number of methoxy groups -OCH3 is 1. The van der Waals surface area contributed by atoms with Crippen molar-refractivity contribution >= 4 is 5.91 Å². The molecule has 17 heavy (non-hydrogen) atoms. The number of likely N-dealkylation sites (N-methyl/N-ethyl adjacent to an activating group) is 1. The molecule has 3 N–H and O–H groups in total. The van der Waals surface area contributed by atoms with Gasteiger partial charge in [0.15, 0.2) is 0 Å². The zero-order valence-electron chi connectivity index (χ0n) is 10.7. The van der Waals surface area contributed by atoms with Crippen molar-refractivity contribution in [2.45, 2.75) is 19.4 Å². The summed E-state index contributed by atoms with van der Waals surface area (Å²) >= 11 is 0. The summed E-state index contributed by atoms with van der Waals surface area (Å²) in [4.78, 5) is 13.5. The van der Waals surface area contributed by atoms with E-state index in [2.05, 4.69) is 0 Å². The number of rotatable bonds is 10. The van der Waals surface area contributed by atoms with E-state index in [0.29, 0.717) is 39.3 Å². The van der Waals surface area contributed by atoms with Gasteiger partial charge < -0.3 is 25.2 Å². The summed E-state index contributed by atoms with van der Waals surface area (Å²) in [6, 6.07) is 0. The summed E-state index contributed by atoms with van der Waals surface area (Å²) in [7, 11) is 1.55. The van der Waals surface area contributed by atoms with Crippen LogP contribution < -0.4 is 5.73 Å². The first-order chi connectivity index (χ1) is 8.19. The molecular formula is C11H24N2O4. The van der Waals surface area contributed by atoms with Crippen LogP contribution in [0.5, 0.6) is 0 Å². The molecule has 0 heterocycles. The standard InChI is InChI=1S/C11H24N2O4/c1-3-13(4-6-17-7-5-14)11(15)8-10(9-12)16-2/h10,14H,3-9,12H2,1-2H3. The molecule has 0 saturated heterocycles. The minimum absolute atomic E-state index is 0.000998. The maximum Gasteiger partial charge on any atom is 0.225 e. The molecule has 0 bridgehead atoms. The lowest BCUT2D eigenvalue weighted by atomic mass is 10.2. The highest BCUT2D eigenvalue weighted by Gasteiger charge is 2.16. The predicted molar refractivity (Wildman–Crippen MR) is 64.6 cm³/mol. The van der Waals surface area contributed by atoms with Crippen LogP contribution in [-0.4, -0.2) is 68.6 Å². The summed E-state index contributed by atoms with van der Waals surface area (Å²) in [5, 5.41) is 8.54. The summed E-state index contributed by atoms with van der Waals surface area (Å²) < 4.78 is 10.2. The maximum atomic E-state index is 11.9. The zero-order valence-corrected chi connectivity index (χ0v) is 10.7. The second kappa shape index (κ2) is 10.5. The third kappa shape index (κ3) is 7.27. The van der Waals surface area contributed by atoms with Gasteiger partial charge in [-0.25, -0.2) is 0 Å². The molecule has 0 aromatic heterocycles. The molecule has 0 aliphatic heterocycles. The van der Waals surface area contributed by atoms with Crippen molar-refractivity contribution in [3.8, 4) is 0 Å². The lowest BCUT2D eigenvalue weighted by molar-refractivity contribution is -0.134. The normalized spacial score (nSPS) is 12.5. The van der Waals surface area contributed by atoms with E-state index < -0.39 is 0 Å². The quantitative estimate of drug-likeness (QED) is 0.495. The van der Waals surface area contributed by atoms with Crippen molar-refractivity contribution < 1.29 is 19.4 Å². The van der Waals surface area contributed by atoms with E-state index in [0.717, 1.165) is 0 Å². The SMILES string of the molecule is CCN(CCOCCO)C(=O)CC(CN)OC. The number of carbonyl (C=O) groups is 1. The maximum absolute atomic E-state index is 11.9. The molecule has 0 radical (unpaired) electrons. The lowest BCUT2D eigenvalue weighted by Gasteiger charge is -2.23. The Morgan fingerprint density at radius 3 is 2.65 bits per heavy atom. The number of hydrogen-bond acceptors (Lipinski definition) is 5. The fourth-order valence-corrected chi connectivity index (χ4v) is 1.39. The molecule has 0 rings (SSSR count). The van der Waals surface area contributed by atoms with E-state index in [9.17, 15) is 4.79 Å². The summed E-state index contributed by atoms with van der Waals surface area (Å²) in [6.07, 6.45) is 0.0656. The van der Waals surface area contributed by atoms with Crippen LogP contribution >= 0.6 is 0 Å². The fourth-order valence-electron chi connectivity index (χ4n) is 1.39. The molecular weight excluding hydrogens is 224 g/mol. The van der Waals surface area contributed by atoms with Crippen LogP contribution in [-0.2, 0) is 14.3 Å². The molecule has 1 amide bonds. The Hall–Kier alpha value is -0.690.